The fraction of sp³-hybridized carbons (Fsp3) is 0. The number of nitrogens with zero attached hydrogens (tertiary/aromatic N) is 5. The second kappa shape index (κ2) is 8.30. The molecule has 1 aromatic carbocycles. The van der Waals surface area contributed by atoms with E-state index in [4.69, 9.17) is 0 Å². The van der Waals surface area contributed by atoms with Gasteiger partial charge in [-0.25, -0.2) is 9.98 Å². The van der Waals surface area contributed by atoms with Crippen molar-refractivity contribution < 1.29 is 10.0 Å². The van der Waals surface area contributed by atoms with Gasteiger partial charge in [0.25, 0.3) is 5.69 Å². The van der Waals surface area contributed by atoms with Gasteiger partial charge >= 0.3 is 0 Å². The molecule has 0 saturated heterocycles. The first-order valence-electron chi connectivity index (χ1n) is 7.79. The highest BCUT2D eigenvalue weighted by molar-refractivity contribution is 5.99. The summed E-state index contributed by atoms with van der Waals surface area (Å²) in [4.78, 5) is 23.0. The molecule has 0 radical (unpaired) electrons. The van der Waals surface area contributed by atoms with E-state index in [1.54, 1.807) is 48.8 Å². The molecule has 2 heterocycles. The zero-order valence-corrected chi connectivity index (χ0v) is 13.9. The molecule has 0 spiro atoms. The van der Waals surface area contributed by atoms with Gasteiger partial charge in [0.05, 0.1) is 11.1 Å². The number of nitrogens with one attached hydrogen (secondary N) is 1. The number of rotatable bonds is 5. The maximum absolute atomic E-state index is 11.8. The van der Waals surface area contributed by atoms with Crippen LogP contribution in [0.4, 0.5) is 11.5 Å². The number of amidine groups is 1. The number of non-ortho nitro benzene ring substituents is 1. The van der Waals surface area contributed by atoms with Crippen LogP contribution in [0.15, 0.2) is 77.1 Å². The van der Waals surface area contributed by atoms with Gasteiger partial charge in [-0.2, -0.15) is 5.10 Å². The van der Waals surface area contributed by atoms with Gasteiger partial charge in [-0.05, 0) is 29.8 Å². The summed E-state index contributed by atoms with van der Waals surface area (Å²) in [7, 11) is 0. The van der Waals surface area contributed by atoms with Crippen molar-refractivity contribution in [1.82, 2.24) is 15.4 Å². The summed E-state index contributed by atoms with van der Waals surface area (Å²) in [5.74, 6) is 0.372. The Morgan fingerprint density at radius 1 is 1.07 bits per heavy atom. The Morgan fingerprint density at radius 2 is 1.85 bits per heavy atom. The van der Waals surface area contributed by atoms with Crippen molar-refractivity contribution in [3.05, 3.63) is 88.4 Å². The zero-order chi connectivity index (χ0) is 19.1. The van der Waals surface area contributed by atoms with Crippen LogP contribution < -0.4 is 10.5 Å². The summed E-state index contributed by atoms with van der Waals surface area (Å²) in [6.45, 7) is 0. The first-order valence-corrected chi connectivity index (χ1v) is 7.79. The van der Waals surface area contributed by atoms with Crippen molar-refractivity contribution in [2.75, 3.05) is 0 Å². The van der Waals surface area contributed by atoms with Crippen LogP contribution in [-0.4, -0.2) is 26.9 Å². The molecule has 0 atom stereocenters. The van der Waals surface area contributed by atoms with Crippen molar-refractivity contribution >= 4 is 23.6 Å². The number of hydrogen-bond donors (Lipinski definition) is 1. The Hall–Kier alpha value is -4.14. The third kappa shape index (κ3) is 4.69. The average Bonchev–Trinajstić information content (AvgIpc) is 2.70. The lowest BCUT2D eigenvalue weighted by Gasteiger charge is -2.09. The first-order chi connectivity index (χ1) is 13.1. The largest absolute Gasteiger partial charge is 0.872 e. The molecule has 1 N–H and O–H groups in total. The number of pyridine rings is 2. The summed E-state index contributed by atoms with van der Waals surface area (Å²) in [6.07, 6.45) is 4.40. The fourth-order valence-corrected chi connectivity index (χ4v) is 2.09. The number of hydrogen-bond acceptors (Lipinski definition) is 7. The first kappa shape index (κ1) is 17.7. The summed E-state index contributed by atoms with van der Waals surface area (Å²) in [5, 5.41) is 26.7. The lowest BCUT2D eigenvalue weighted by molar-refractivity contribution is -0.385. The maximum Gasteiger partial charge on any atom is 0.270 e. The van der Waals surface area contributed by atoms with E-state index in [-0.39, 0.29) is 17.0 Å². The molecule has 0 aliphatic carbocycles. The molecule has 0 amide bonds. The van der Waals surface area contributed by atoms with E-state index < -0.39 is 4.92 Å². The topological polar surface area (TPSA) is 129 Å². The van der Waals surface area contributed by atoms with E-state index >= 15 is 0 Å². The molecule has 9 nitrogen and oxygen atoms in total. The molecule has 3 aromatic rings. The average molecular weight is 361 g/mol. The molecule has 9 heteroatoms. The van der Waals surface area contributed by atoms with Gasteiger partial charge in [0.2, 0.25) is 0 Å². The van der Waals surface area contributed by atoms with Crippen LogP contribution in [0, 0.1) is 10.1 Å². The molecular formula is C18H13N6O3-. The van der Waals surface area contributed by atoms with Crippen LogP contribution in [0.3, 0.4) is 0 Å². The normalized spacial score (nSPS) is 11.5. The second-order valence-corrected chi connectivity index (χ2v) is 5.21. The van der Waals surface area contributed by atoms with Gasteiger partial charge in [0, 0.05) is 24.5 Å². The maximum atomic E-state index is 11.8. The number of benzene rings is 1. The van der Waals surface area contributed by atoms with Crippen LogP contribution in [0.1, 0.15) is 11.3 Å². The van der Waals surface area contributed by atoms with Crippen LogP contribution in [0.5, 0.6) is 5.75 Å². The molecule has 0 bridgehead atoms. The predicted octanol–water partition coefficient (Wildman–Crippen LogP) is 2.16. The number of nitro groups is 1. The lowest BCUT2D eigenvalue weighted by Crippen LogP contribution is -2.20. The van der Waals surface area contributed by atoms with E-state index in [0.29, 0.717) is 17.3 Å². The second-order valence-electron chi connectivity index (χ2n) is 5.21. The summed E-state index contributed by atoms with van der Waals surface area (Å²) < 4.78 is 0. The van der Waals surface area contributed by atoms with E-state index in [1.165, 1.54) is 6.21 Å². The fourth-order valence-electron chi connectivity index (χ4n) is 2.09. The third-order valence-corrected chi connectivity index (χ3v) is 3.36. The summed E-state index contributed by atoms with van der Waals surface area (Å²) in [6, 6.07) is 14.0. The molecule has 2 aromatic heterocycles. The molecule has 134 valence electrons. The zero-order valence-electron chi connectivity index (χ0n) is 13.9. The quantitative estimate of drug-likeness (QED) is 0.321. The van der Waals surface area contributed by atoms with E-state index in [0.717, 1.165) is 18.2 Å². The van der Waals surface area contributed by atoms with E-state index in [9.17, 15) is 15.2 Å². The van der Waals surface area contributed by atoms with E-state index in [2.05, 4.69) is 25.5 Å². The minimum absolute atomic E-state index is 0.0786. The highest BCUT2D eigenvalue weighted by Crippen LogP contribution is 2.19. The van der Waals surface area contributed by atoms with Gasteiger partial charge < -0.3 is 5.11 Å². The number of aromatic nitrogens is 2. The lowest BCUT2D eigenvalue weighted by atomic mass is 10.2. The molecule has 0 aliphatic rings. The minimum Gasteiger partial charge on any atom is -0.872 e. The Bertz CT molecular complexity index is 990. The molecular weight excluding hydrogens is 348 g/mol. The van der Waals surface area contributed by atoms with Gasteiger partial charge in [-0.1, -0.05) is 23.9 Å². The molecule has 3 rings (SSSR count). The Kier molecular flexibility index (Phi) is 5.43. The van der Waals surface area contributed by atoms with Crippen LogP contribution >= 0.6 is 0 Å². The predicted molar refractivity (Wildman–Crippen MR) is 97.9 cm³/mol. The van der Waals surface area contributed by atoms with Crippen molar-refractivity contribution in [3.63, 3.8) is 0 Å². The number of nitro benzene ring substituents is 1. The highest BCUT2D eigenvalue weighted by atomic mass is 16.6. The van der Waals surface area contributed by atoms with Gasteiger partial charge in [-0.15, -0.1) is 0 Å². The molecule has 0 saturated carbocycles. The minimum atomic E-state index is -0.577. The molecule has 0 fully saturated rings. The summed E-state index contributed by atoms with van der Waals surface area (Å²) >= 11 is 0. The highest BCUT2D eigenvalue weighted by Gasteiger charge is 2.07. The van der Waals surface area contributed by atoms with Crippen molar-refractivity contribution in [3.8, 4) is 5.75 Å². The van der Waals surface area contributed by atoms with Crippen molar-refractivity contribution in [1.29, 1.82) is 0 Å². The van der Waals surface area contributed by atoms with Crippen LogP contribution in [0.25, 0.3) is 0 Å². The Balaban J connectivity index is 1.88. The van der Waals surface area contributed by atoms with Gasteiger partial charge in [0.1, 0.15) is 5.69 Å². The molecule has 0 unspecified atom stereocenters. The molecule has 27 heavy (non-hydrogen) atoms. The van der Waals surface area contributed by atoms with Crippen LogP contribution in [-0.2, 0) is 0 Å². The van der Waals surface area contributed by atoms with Gasteiger partial charge in [-0.3, -0.25) is 20.5 Å². The summed E-state index contributed by atoms with van der Waals surface area (Å²) in [5.41, 5.74) is 3.12. The van der Waals surface area contributed by atoms with E-state index in [1.807, 2.05) is 0 Å². The van der Waals surface area contributed by atoms with Crippen LogP contribution in [0.2, 0.25) is 0 Å². The van der Waals surface area contributed by atoms with Gasteiger partial charge in [0.15, 0.2) is 11.7 Å². The monoisotopic (exact) mass is 361 g/mol. The number of hydrazone groups is 1. The SMILES string of the molecule is O=[N+]([O-])c1ccc([O-])c(/C=N\NC(=Nc2ccccn2)c2ccccn2)c1. The van der Waals surface area contributed by atoms with Crippen molar-refractivity contribution in [2.24, 2.45) is 10.1 Å². The third-order valence-electron chi connectivity index (χ3n) is 3.36. The molecule has 0 aliphatic heterocycles. The Labute approximate surface area is 153 Å². The Morgan fingerprint density at radius 3 is 2.52 bits per heavy atom. The van der Waals surface area contributed by atoms with Crippen molar-refractivity contribution in [2.45, 2.75) is 0 Å². The number of aliphatic imine (C=N–C) groups is 1. The standard InChI is InChI=1S/C18H14N6O3/c25-16-8-7-14(24(26)27)11-13(16)12-21-23-18(15-5-1-3-9-19-15)22-17-6-2-4-10-20-17/h1-12,25H,(H,20,22,23)/p-1/b21-12-. The smallest absolute Gasteiger partial charge is 0.270 e.